The molecule has 0 spiro atoms. The minimum atomic E-state index is -4.08. The third kappa shape index (κ3) is 8.97. The van der Waals surface area contributed by atoms with E-state index in [0.717, 1.165) is 13.8 Å². The Morgan fingerprint density at radius 1 is 1.15 bits per heavy atom. The number of halogens is 3. The van der Waals surface area contributed by atoms with Gasteiger partial charge in [0.25, 0.3) is 11.8 Å². The summed E-state index contributed by atoms with van der Waals surface area (Å²) in [6.45, 7) is 7.83. The lowest BCUT2D eigenvalue weighted by Gasteiger charge is -2.35. The van der Waals surface area contributed by atoms with Gasteiger partial charge in [-0.25, -0.2) is 31.4 Å². The van der Waals surface area contributed by atoms with E-state index in [0.29, 0.717) is 50.8 Å². The van der Waals surface area contributed by atoms with Gasteiger partial charge in [-0.2, -0.15) is 0 Å². The van der Waals surface area contributed by atoms with Gasteiger partial charge in [-0.1, -0.05) is 32.4 Å². The molecule has 18 heteroatoms. The van der Waals surface area contributed by atoms with Crippen LogP contribution in [0.4, 0.5) is 18.0 Å². The molecule has 7 atom stereocenters. The number of aromatic nitrogens is 1. The summed E-state index contributed by atoms with van der Waals surface area (Å²) in [5.41, 5.74) is -3.89. The Hall–Kier alpha value is -4.61. The highest BCUT2D eigenvalue weighted by Gasteiger charge is 2.63. The van der Waals surface area contributed by atoms with Crippen molar-refractivity contribution in [3.05, 3.63) is 42.4 Å². The van der Waals surface area contributed by atoms with Crippen LogP contribution in [0.15, 0.2) is 36.5 Å². The molecule has 0 radical (unpaired) electrons. The maximum absolute atomic E-state index is 14.9. The van der Waals surface area contributed by atoms with Crippen LogP contribution in [0.5, 0.6) is 11.6 Å². The summed E-state index contributed by atoms with van der Waals surface area (Å²) in [5.74, 6) is -7.59. The molecule has 2 saturated carbocycles. The minimum Gasteiger partial charge on any atom is -0.494 e. The van der Waals surface area contributed by atoms with Crippen molar-refractivity contribution in [3.63, 3.8) is 0 Å². The fourth-order valence-electron chi connectivity index (χ4n) is 7.85. The number of alkyl halides is 2. The maximum Gasteiger partial charge on any atom is 0.408 e. The molecule has 3 heterocycles. The first kappa shape index (κ1) is 44.0. The zero-order chi connectivity index (χ0) is 43.3. The predicted octanol–water partition coefficient (Wildman–Crippen LogP) is 6.27. The van der Waals surface area contributed by atoms with Gasteiger partial charge < -0.3 is 29.7 Å². The van der Waals surface area contributed by atoms with Gasteiger partial charge >= 0.3 is 6.09 Å². The number of nitrogens with zero attached hydrogens (tertiary/aromatic N) is 2. The van der Waals surface area contributed by atoms with Crippen LogP contribution in [0.2, 0.25) is 0 Å². The van der Waals surface area contributed by atoms with E-state index in [-0.39, 0.29) is 46.6 Å². The molecular weight excluding hydrogens is 796 g/mol. The van der Waals surface area contributed by atoms with Crippen molar-refractivity contribution in [1.29, 1.82) is 0 Å². The molecular formula is C41H60F3N5O9S. The first-order valence-corrected chi connectivity index (χ1v) is 21.5. The smallest absolute Gasteiger partial charge is 0.408 e. The largest absolute Gasteiger partial charge is 0.494 e. The van der Waals surface area contributed by atoms with Gasteiger partial charge in [0.1, 0.15) is 23.7 Å². The molecule has 2 aliphatic heterocycles. The molecule has 1 saturated heterocycles. The Morgan fingerprint density at radius 2 is 1.86 bits per heavy atom. The molecule has 6 rings (SSSR count). The number of sulfonamides is 1. The molecule has 14 nitrogen and oxygen atoms in total. The van der Waals surface area contributed by atoms with Gasteiger partial charge in [0.15, 0.2) is 17.2 Å². The highest BCUT2D eigenvalue weighted by Crippen LogP contribution is 2.48. The number of carbonyl (C=O) groups is 4. The second-order valence-corrected chi connectivity index (χ2v) is 19.6. The van der Waals surface area contributed by atoms with Crippen LogP contribution < -0.4 is 24.8 Å². The number of fused-ring (bicyclic) bond motifs is 3. The minimum absolute atomic E-state index is 0. The number of ether oxygens (including phenoxy) is 3. The Morgan fingerprint density at radius 3 is 2.51 bits per heavy atom. The molecule has 4 aliphatic rings. The number of rotatable bonds is 10. The Labute approximate surface area is 346 Å². The normalized spacial score (nSPS) is 29.2. The SMILES string of the molecule is CC[C@@H]1C[C@H](C)CC/C=C\[C@@H]2C[C@@]2(C(=O)NS(=O)(=O)C2(C)CC2)NC(=O)[C@@H]2C[C@@H](Oc3nccc4cc(OC)c(F)cc34)CN2C(=O)C1NC(=O)OC(C)(C)C(C)(F)F.[HH].[HH].[HH]. The number of amides is 4. The van der Waals surface area contributed by atoms with Crippen LogP contribution in [-0.2, 0) is 29.1 Å². The van der Waals surface area contributed by atoms with Crippen molar-refractivity contribution >= 4 is 44.6 Å². The monoisotopic (exact) mass is 855 g/mol. The number of pyridine rings is 1. The Bertz CT molecular complexity index is 2140. The average Bonchev–Trinajstić information content (AvgIpc) is 4.03. The number of hydrogen-bond donors (Lipinski definition) is 3. The van der Waals surface area contributed by atoms with Crippen molar-refractivity contribution in [1.82, 2.24) is 25.2 Å². The number of benzene rings is 1. The first-order chi connectivity index (χ1) is 27.5. The molecule has 1 unspecified atom stereocenters. The van der Waals surface area contributed by atoms with Gasteiger partial charge in [0, 0.05) is 35.1 Å². The number of nitrogens with one attached hydrogen (secondary N) is 3. The van der Waals surface area contributed by atoms with Crippen LogP contribution in [0.25, 0.3) is 10.8 Å². The molecule has 3 N–H and O–H groups in total. The van der Waals surface area contributed by atoms with E-state index in [9.17, 15) is 40.8 Å². The Kier molecular flexibility index (Phi) is 12.0. The summed E-state index contributed by atoms with van der Waals surface area (Å²) < 4.78 is 88.0. The summed E-state index contributed by atoms with van der Waals surface area (Å²) in [7, 11) is -2.75. The summed E-state index contributed by atoms with van der Waals surface area (Å²) >= 11 is 0. The van der Waals surface area contributed by atoms with Gasteiger partial charge in [-0.3, -0.25) is 19.1 Å². The molecule has 3 fully saturated rings. The van der Waals surface area contributed by atoms with Crippen molar-refractivity contribution in [2.75, 3.05) is 13.7 Å². The topological polar surface area (TPSA) is 182 Å². The van der Waals surface area contributed by atoms with E-state index in [2.05, 4.69) is 20.3 Å². The van der Waals surface area contributed by atoms with E-state index in [1.165, 1.54) is 37.3 Å². The first-order valence-electron chi connectivity index (χ1n) is 20.1. The summed E-state index contributed by atoms with van der Waals surface area (Å²) in [6.07, 6.45) is 5.66. The zero-order valence-electron chi connectivity index (χ0n) is 34.4. The highest BCUT2D eigenvalue weighted by molar-refractivity contribution is 7.91. The number of hydrogen-bond acceptors (Lipinski definition) is 10. The summed E-state index contributed by atoms with van der Waals surface area (Å²) in [5, 5.41) is 6.19. The number of methoxy groups -OCH3 is 1. The van der Waals surface area contributed by atoms with Crippen molar-refractivity contribution in [3.8, 4) is 11.6 Å². The maximum atomic E-state index is 14.9. The van der Waals surface area contributed by atoms with Gasteiger partial charge in [0.2, 0.25) is 27.7 Å². The summed E-state index contributed by atoms with van der Waals surface area (Å²) in [4.78, 5) is 62.4. The van der Waals surface area contributed by atoms with E-state index in [4.69, 9.17) is 14.2 Å². The standard InChI is InChI=1S/C41H54F3N5O9S.3H2/c1-8-24-17-23(2)11-9-10-12-26-21-41(26,36(52)48-59(54,55)39(5)14-15-39)47-33(50)30-19-27(57-34-28-20-29(42)31(56-7)18-25(28)13-16-45-34)22-49(30)35(51)32(24)46-37(53)58-38(3,4)40(6,43)44;;;/h10,12-13,16,18,20,23-24,26-27,30,32H,8-9,11,14-15,17,19,21-22H2,1-7H3,(H,46,53)(H,47,50)(H,48,52);3*1H/b12-10-;;;/t23-,24-,26-,27-,30+,32?,41-;;;/m1.../s1. The number of allylic oxidation sites excluding steroid dienone is 1. The second kappa shape index (κ2) is 16.1. The number of alkyl carbamates (subject to hydrolysis) is 1. The third-order valence-electron chi connectivity index (χ3n) is 12.6. The molecule has 330 valence electrons. The van der Waals surface area contributed by atoms with Crippen LogP contribution in [0.1, 0.15) is 97.2 Å². The van der Waals surface area contributed by atoms with E-state index in [1.807, 2.05) is 19.9 Å². The molecule has 1 aromatic carbocycles. The third-order valence-corrected chi connectivity index (χ3v) is 14.7. The van der Waals surface area contributed by atoms with E-state index < -0.39 is 91.5 Å². The molecule has 1 aromatic heterocycles. The van der Waals surface area contributed by atoms with Gasteiger partial charge in [-0.05, 0) is 94.7 Å². The summed E-state index contributed by atoms with van der Waals surface area (Å²) in [6, 6.07) is 1.62. The zero-order valence-corrected chi connectivity index (χ0v) is 35.2. The fourth-order valence-corrected chi connectivity index (χ4v) is 9.16. The second-order valence-electron chi connectivity index (χ2n) is 17.4. The average molecular weight is 856 g/mol. The molecule has 4 amide bonds. The lowest BCUT2D eigenvalue weighted by Crippen LogP contribution is -2.60. The predicted molar refractivity (Wildman–Crippen MR) is 217 cm³/mol. The van der Waals surface area contributed by atoms with Crippen molar-refractivity contribution in [2.24, 2.45) is 17.8 Å². The fraction of sp³-hybridized carbons (Fsp3) is 0.634. The van der Waals surface area contributed by atoms with Gasteiger partial charge in [-0.15, -0.1) is 0 Å². The lowest BCUT2D eigenvalue weighted by atomic mass is 9.85. The molecule has 0 bridgehead atoms. The molecule has 59 heavy (non-hydrogen) atoms. The van der Waals surface area contributed by atoms with Crippen LogP contribution in [0.3, 0.4) is 0 Å². The van der Waals surface area contributed by atoms with E-state index >= 15 is 0 Å². The van der Waals surface area contributed by atoms with E-state index in [1.54, 1.807) is 12.1 Å². The highest BCUT2D eigenvalue weighted by atomic mass is 32.2. The Balaban J connectivity index is 0.00000341. The van der Waals surface area contributed by atoms with Crippen LogP contribution >= 0.6 is 0 Å². The van der Waals surface area contributed by atoms with Gasteiger partial charge in [0.05, 0.1) is 18.4 Å². The van der Waals surface area contributed by atoms with Crippen LogP contribution in [-0.4, -0.2) is 95.8 Å². The van der Waals surface area contributed by atoms with Crippen LogP contribution in [0, 0.1) is 23.6 Å². The number of carbonyl (C=O) groups excluding carboxylic acids is 4. The van der Waals surface area contributed by atoms with Crippen molar-refractivity contribution < 1.29 is 59.3 Å². The molecule has 2 aliphatic carbocycles. The van der Waals surface area contributed by atoms with Crippen molar-refractivity contribution in [2.45, 2.75) is 133 Å². The molecule has 2 aromatic rings. The lowest BCUT2D eigenvalue weighted by molar-refractivity contribution is -0.152. The quantitative estimate of drug-likeness (QED) is 0.230.